The van der Waals surface area contributed by atoms with Crippen LogP contribution in [0.15, 0.2) is 52.3 Å². The number of pyridine rings is 1. The van der Waals surface area contributed by atoms with Crippen LogP contribution < -0.4 is 4.90 Å². The van der Waals surface area contributed by atoms with E-state index in [0.717, 1.165) is 68.3 Å². The minimum atomic E-state index is 0.00151. The van der Waals surface area contributed by atoms with Crippen LogP contribution in [-0.2, 0) is 6.42 Å². The van der Waals surface area contributed by atoms with Gasteiger partial charge in [0.25, 0.3) is 11.8 Å². The first kappa shape index (κ1) is 24.7. The lowest BCUT2D eigenvalue weighted by Crippen LogP contribution is -2.31. The molecule has 2 unspecified atom stereocenters. The topological polar surface area (TPSA) is 88.2 Å². The average molecular weight is 529 g/mol. The van der Waals surface area contributed by atoms with Gasteiger partial charge in [-0.2, -0.15) is 0 Å². The third-order valence-corrected chi connectivity index (χ3v) is 8.45. The molecule has 0 spiro atoms. The van der Waals surface area contributed by atoms with Gasteiger partial charge in [-0.3, -0.25) is 4.79 Å². The summed E-state index contributed by atoms with van der Waals surface area (Å²) in [6.45, 7) is 6.66. The van der Waals surface area contributed by atoms with Gasteiger partial charge in [0.05, 0.1) is 6.04 Å². The van der Waals surface area contributed by atoms with Crippen LogP contribution in [0.5, 0.6) is 0 Å². The molecule has 2 fully saturated rings. The molecule has 5 heterocycles. The highest BCUT2D eigenvalue weighted by molar-refractivity contribution is 7.09. The molecule has 0 radical (unpaired) electrons. The first-order valence-corrected chi connectivity index (χ1v) is 14.3. The number of hydrogen-bond donors (Lipinski definition) is 0. The number of amides is 1. The maximum atomic E-state index is 13.9. The first-order chi connectivity index (χ1) is 18.5. The maximum Gasteiger partial charge on any atom is 0.266 e. The van der Waals surface area contributed by atoms with Gasteiger partial charge < -0.3 is 14.2 Å². The molecule has 196 valence electrons. The molecular formula is C29H32N6O2S. The predicted octanol–water partition coefficient (Wildman–Crippen LogP) is 5.82. The third kappa shape index (κ3) is 5.07. The minimum Gasteiger partial charge on any atom is -0.419 e. The summed E-state index contributed by atoms with van der Waals surface area (Å²) in [5.41, 5.74) is 3.37. The summed E-state index contributed by atoms with van der Waals surface area (Å²) in [4.78, 5) is 27.7. The van der Waals surface area contributed by atoms with E-state index in [9.17, 15) is 4.79 Å². The van der Waals surface area contributed by atoms with Gasteiger partial charge in [-0.1, -0.05) is 37.3 Å². The largest absolute Gasteiger partial charge is 0.419 e. The molecule has 38 heavy (non-hydrogen) atoms. The Labute approximate surface area is 226 Å². The molecule has 0 bridgehead atoms. The van der Waals surface area contributed by atoms with Gasteiger partial charge in [0.2, 0.25) is 5.89 Å². The van der Waals surface area contributed by atoms with Crippen LogP contribution in [0.1, 0.15) is 77.1 Å². The Hall–Kier alpha value is -3.59. The number of anilines is 1. The zero-order chi connectivity index (χ0) is 26.1. The van der Waals surface area contributed by atoms with Crippen LogP contribution >= 0.6 is 11.3 Å². The second-order valence-electron chi connectivity index (χ2n) is 10.3. The second kappa shape index (κ2) is 10.6. The van der Waals surface area contributed by atoms with Gasteiger partial charge in [0, 0.05) is 42.2 Å². The molecule has 3 aromatic heterocycles. The quantitative estimate of drug-likeness (QED) is 0.299. The fourth-order valence-electron chi connectivity index (χ4n) is 5.41. The van der Waals surface area contributed by atoms with Gasteiger partial charge in [-0.05, 0) is 56.7 Å². The lowest BCUT2D eigenvalue weighted by Gasteiger charge is -2.24. The van der Waals surface area contributed by atoms with Crippen LogP contribution in [0, 0.1) is 6.92 Å². The average Bonchev–Trinajstić information content (AvgIpc) is 3.75. The zero-order valence-electron chi connectivity index (χ0n) is 21.8. The maximum absolute atomic E-state index is 13.9. The second-order valence-corrected chi connectivity index (χ2v) is 11.2. The summed E-state index contributed by atoms with van der Waals surface area (Å²) < 4.78 is 6.14. The van der Waals surface area contributed by atoms with E-state index in [-0.39, 0.29) is 17.9 Å². The van der Waals surface area contributed by atoms with Gasteiger partial charge in [0.1, 0.15) is 16.5 Å². The van der Waals surface area contributed by atoms with E-state index in [4.69, 9.17) is 9.40 Å². The van der Waals surface area contributed by atoms with E-state index < -0.39 is 0 Å². The van der Waals surface area contributed by atoms with E-state index in [2.05, 4.69) is 44.5 Å². The van der Waals surface area contributed by atoms with Gasteiger partial charge in [0.15, 0.2) is 0 Å². The van der Waals surface area contributed by atoms with Crippen LogP contribution in [0.4, 0.5) is 5.82 Å². The molecule has 0 aliphatic carbocycles. The van der Waals surface area contributed by atoms with Crippen molar-refractivity contribution in [3.05, 3.63) is 75.6 Å². The number of thiazole rings is 1. The summed E-state index contributed by atoms with van der Waals surface area (Å²) in [6, 6.07) is 14.0. The monoisotopic (exact) mass is 528 g/mol. The van der Waals surface area contributed by atoms with Crippen molar-refractivity contribution in [1.29, 1.82) is 0 Å². The highest BCUT2D eigenvalue weighted by atomic mass is 32.1. The Balaban J connectivity index is 1.30. The Morgan fingerprint density at radius 3 is 2.66 bits per heavy atom. The minimum absolute atomic E-state index is 0.00151. The number of carbonyl (C=O) groups excluding carboxylic acids is 1. The Kier molecular flexibility index (Phi) is 6.93. The summed E-state index contributed by atoms with van der Waals surface area (Å²) >= 11 is 1.63. The number of likely N-dealkylation sites (tertiary alicyclic amines) is 1. The van der Waals surface area contributed by atoms with Gasteiger partial charge >= 0.3 is 0 Å². The molecule has 9 heteroatoms. The smallest absolute Gasteiger partial charge is 0.266 e. The number of rotatable bonds is 7. The molecule has 2 aliphatic rings. The van der Waals surface area contributed by atoms with Gasteiger partial charge in [-0.15, -0.1) is 21.5 Å². The molecule has 0 N–H and O–H groups in total. The van der Waals surface area contributed by atoms with E-state index >= 15 is 0 Å². The lowest BCUT2D eigenvalue weighted by atomic mass is 10.0. The third-order valence-electron chi connectivity index (χ3n) is 7.39. The van der Waals surface area contributed by atoms with E-state index in [1.165, 1.54) is 5.56 Å². The normalized spacial score (nSPS) is 18.3. The van der Waals surface area contributed by atoms with Crippen molar-refractivity contribution in [2.45, 2.75) is 57.9 Å². The van der Waals surface area contributed by atoms with Crippen molar-refractivity contribution in [2.24, 2.45) is 0 Å². The number of benzene rings is 1. The fraction of sp³-hybridized carbons (Fsp3) is 0.414. The Morgan fingerprint density at radius 1 is 1.08 bits per heavy atom. The van der Waals surface area contributed by atoms with Crippen molar-refractivity contribution >= 4 is 23.1 Å². The Morgan fingerprint density at radius 2 is 1.89 bits per heavy atom. The highest BCUT2D eigenvalue weighted by Crippen LogP contribution is 2.36. The molecule has 8 nitrogen and oxygen atoms in total. The number of carbonyl (C=O) groups is 1. The molecule has 4 aromatic rings. The zero-order valence-corrected chi connectivity index (χ0v) is 22.7. The molecule has 2 saturated heterocycles. The van der Waals surface area contributed by atoms with E-state index in [1.807, 2.05) is 42.2 Å². The van der Waals surface area contributed by atoms with Crippen molar-refractivity contribution in [2.75, 3.05) is 24.5 Å². The van der Waals surface area contributed by atoms with E-state index in [1.54, 1.807) is 11.3 Å². The summed E-state index contributed by atoms with van der Waals surface area (Å²) in [7, 11) is 0. The highest BCUT2D eigenvalue weighted by Gasteiger charge is 2.33. The number of hydrogen-bond acceptors (Lipinski definition) is 8. The summed E-state index contributed by atoms with van der Waals surface area (Å²) in [5.74, 6) is 1.78. The molecule has 1 aromatic carbocycles. The van der Waals surface area contributed by atoms with Crippen molar-refractivity contribution < 1.29 is 9.21 Å². The van der Waals surface area contributed by atoms with Crippen molar-refractivity contribution in [1.82, 2.24) is 25.1 Å². The summed E-state index contributed by atoms with van der Waals surface area (Å²) in [6.07, 6.45) is 4.95. The van der Waals surface area contributed by atoms with Gasteiger partial charge in [-0.25, -0.2) is 9.97 Å². The molecule has 6 rings (SSSR count). The molecule has 2 aliphatic heterocycles. The molecular weight excluding hydrogens is 496 g/mol. The van der Waals surface area contributed by atoms with Crippen LogP contribution in [0.25, 0.3) is 11.6 Å². The van der Waals surface area contributed by atoms with E-state index in [0.29, 0.717) is 23.0 Å². The SMILES string of the molecule is Cc1csc(C2CCCN2C(=O)c2cc(-c3nnc(C(C)Cc4ccccc4)o3)nc(N3CCCC3)c2)n1. The Bertz CT molecular complexity index is 1410. The standard InChI is InChI=1S/C29H32N6O2S/c1-19(15-21-9-4-3-5-10-21)26-32-33-27(37-26)23-16-22(17-25(31-23)34-12-6-7-13-34)29(36)35-14-8-11-24(35)28-30-20(2)18-38-28/h3-5,9-10,16-19,24H,6-8,11-15H2,1-2H3. The first-order valence-electron chi connectivity index (χ1n) is 13.4. The number of aryl methyl sites for hydroxylation is 1. The molecule has 2 atom stereocenters. The van der Waals surface area contributed by atoms with Crippen LogP contribution in [0.3, 0.4) is 0 Å². The van der Waals surface area contributed by atoms with Crippen LogP contribution in [0.2, 0.25) is 0 Å². The lowest BCUT2D eigenvalue weighted by molar-refractivity contribution is 0.0735. The van der Waals surface area contributed by atoms with Crippen molar-refractivity contribution in [3.63, 3.8) is 0 Å². The number of aromatic nitrogens is 4. The summed E-state index contributed by atoms with van der Waals surface area (Å²) in [5, 5.41) is 11.8. The molecule has 1 amide bonds. The predicted molar refractivity (Wildman–Crippen MR) is 147 cm³/mol. The number of nitrogens with zero attached hydrogens (tertiary/aromatic N) is 6. The van der Waals surface area contributed by atoms with Crippen molar-refractivity contribution in [3.8, 4) is 11.6 Å². The fourth-order valence-corrected chi connectivity index (χ4v) is 6.35. The van der Waals surface area contributed by atoms with Crippen LogP contribution in [-0.4, -0.2) is 50.6 Å². The molecule has 0 saturated carbocycles.